The number of ether oxygens (including phenoxy) is 3. The fourth-order valence-corrected chi connectivity index (χ4v) is 2.30. The van der Waals surface area contributed by atoms with Crippen LogP contribution in [-0.2, 0) is 9.53 Å². The first-order chi connectivity index (χ1) is 11.1. The Balaban J connectivity index is 1.79. The summed E-state index contributed by atoms with van der Waals surface area (Å²) in [6.45, 7) is 1.31. The maximum Gasteiger partial charge on any atom is 0.251 e. The Kier molecular flexibility index (Phi) is 6.22. The quantitative estimate of drug-likeness (QED) is 0.723. The third-order valence-corrected chi connectivity index (χ3v) is 3.55. The van der Waals surface area contributed by atoms with E-state index in [9.17, 15) is 9.59 Å². The van der Waals surface area contributed by atoms with E-state index in [1.165, 1.54) is 14.2 Å². The van der Waals surface area contributed by atoms with Crippen molar-refractivity contribution >= 4 is 11.8 Å². The van der Waals surface area contributed by atoms with Crippen LogP contribution in [0.15, 0.2) is 18.2 Å². The molecule has 2 amide bonds. The highest BCUT2D eigenvalue weighted by molar-refractivity contribution is 5.95. The van der Waals surface area contributed by atoms with Crippen molar-refractivity contribution in [1.29, 1.82) is 0 Å². The van der Waals surface area contributed by atoms with Crippen LogP contribution < -0.4 is 20.1 Å². The third-order valence-electron chi connectivity index (χ3n) is 3.55. The maximum absolute atomic E-state index is 12.1. The monoisotopic (exact) mass is 322 g/mol. The molecular formula is C16H22N2O5. The summed E-state index contributed by atoms with van der Waals surface area (Å²) in [5, 5.41) is 5.49. The molecule has 0 spiro atoms. The average molecular weight is 322 g/mol. The zero-order valence-corrected chi connectivity index (χ0v) is 13.4. The summed E-state index contributed by atoms with van der Waals surface area (Å²) in [6, 6.07) is 4.95. The first-order valence-corrected chi connectivity index (χ1v) is 7.54. The highest BCUT2D eigenvalue weighted by Crippen LogP contribution is 2.22. The normalized spacial score (nSPS) is 16.7. The molecule has 2 rings (SSSR count). The van der Waals surface area contributed by atoms with E-state index in [2.05, 4.69) is 10.6 Å². The average Bonchev–Trinajstić information content (AvgIpc) is 3.12. The molecule has 1 atom stereocenters. The van der Waals surface area contributed by atoms with Gasteiger partial charge in [-0.25, -0.2) is 0 Å². The first kappa shape index (κ1) is 17.1. The van der Waals surface area contributed by atoms with Crippen molar-refractivity contribution in [3.8, 4) is 11.5 Å². The summed E-state index contributed by atoms with van der Waals surface area (Å²) in [4.78, 5) is 23.9. The highest BCUT2D eigenvalue weighted by Gasteiger charge is 2.22. The van der Waals surface area contributed by atoms with Crippen molar-refractivity contribution < 1.29 is 23.8 Å². The number of hydrogen-bond acceptors (Lipinski definition) is 5. The number of hydrogen-bond donors (Lipinski definition) is 2. The Hall–Kier alpha value is -2.28. The second kappa shape index (κ2) is 8.38. The largest absolute Gasteiger partial charge is 0.497 e. The van der Waals surface area contributed by atoms with Crippen LogP contribution in [0.5, 0.6) is 11.5 Å². The van der Waals surface area contributed by atoms with Gasteiger partial charge in [0, 0.05) is 31.3 Å². The van der Waals surface area contributed by atoms with Crippen LogP contribution in [0.1, 0.15) is 23.2 Å². The molecular weight excluding hydrogens is 300 g/mol. The molecule has 0 saturated carbocycles. The SMILES string of the molecule is COc1cc(OC)cc(C(=O)NCCNC(=O)C2CCCO2)c1. The van der Waals surface area contributed by atoms with Crippen molar-refractivity contribution in [2.45, 2.75) is 18.9 Å². The van der Waals surface area contributed by atoms with E-state index in [4.69, 9.17) is 14.2 Å². The van der Waals surface area contributed by atoms with E-state index >= 15 is 0 Å². The van der Waals surface area contributed by atoms with Gasteiger partial charge in [-0.3, -0.25) is 9.59 Å². The molecule has 1 heterocycles. The molecule has 1 unspecified atom stereocenters. The molecule has 126 valence electrons. The molecule has 1 aliphatic heterocycles. The van der Waals surface area contributed by atoms with Gasteiger partial charge >= 0.3 is 0 Å². The predicted octanol–water partition coefficient (Wildman–Crippen LogP) is 0.729. The molecule has 7 nitrogen and oxygen atoms in total. The summed E-state index contributed by atoms with van der Waals surface area (Å²) >= 11 is 0. The molecule has 0 aliphatic carbocycles. The highest BCUT2D eigenvalue weighted by atomic mass is 16.5. The van der Waals surface area contributed by atoms with Crippen molar-refractivity contribution in [2.24, 2.45) is 0 Å². The van der Waals surface area contributed by atoms with E-state index in [0.717, 1.165) is 12.8 Å². The van der Waals surface area contributed by atoms with Crippen molar-refractivity contribution in [2.75, 3.05) is 33.9 Å². The molecule has 2 N–H and O–H groups in total. The fraction of sp³-hybridized carbons (Fsp3) is 0.500. The lowest BCUT2D eigenvalue weighted by Crippen LogP contribution is -2.39. The summed E-state index contributed by atoms with van der Waals surface area (Å²) in [6.07, 6.45) is 1.31. The molecule has 0 radical (unpaired) electrons. The summed E-state index contributed by atoms with van der Waals surface area (Å²) < 4.78 is 15.5. The number of methoxy groups -OCH3 is 2. The maximum atomic E-state index is 12.1. The molecule has 7 heteroatoms. The second-order valence-corrected chi connectivity index (χ2v) is 5.15. The van der Waals surface area contributed by atoms with Gasteiger partial charge in [0.1, 0.15) is 17.6 Å². The molecule has 1 aromatic carbocycles. The fourth-order valence-electron chi connectivity index (χ4n) is 2.30. The van der Waals surface area contributed by atoms with Gasteiger partial charge in [0.2, 0.25) is 5.91 Å². The Morgan fingerprint density at radius 3 is 2.35 bits per heavy atom. The van der Waals surface area contributed by atoms with Crippen molar-refractivity contribution in [1.82, 2.24) is 10.6 Å². The first-order valence-electron chi connectivity index (χ1n) is 7.54. The lowest BCUT2D eigenvalue weighted by atomic mass is 10.2. The van der Waals surface area contributed by atoms with Gasteiger partial charge in [-0.1, -0.05) is 0 Å². The Labute approximate surface area is 135 Å². The zero-order valence-electron chi connectivity index (χ0n) is 13.4. The minimum Gasteiger partial charge on any atom is -0.497 e. The Morgan fingerprint density at radius 2 is 1.78 bits per heavy atom. The van der Waals surface area contributed by atoms with Gasteiger partial charge in [-0.15, -0.1) is 0 Å². The molecule has 1 fully saturated rings. The number of amides is 2. The molecule has 0 bridgehead atoms. The predicted molar refractivity (Wildman–Crippen MR) is 83.9 cm³/mol. The van der Waals surface area contributed by atoms with E-state index in [0.29, 0.717) is 36.8 Å². The molecule has 1 aliphatic rings. The number of carbonyl (C=O) groups excluding carboxylic acids is 2. The van der Waals surface area contributed by atoms with Crippen LogP contribution in [0.4, 0.5) is 0 Å². The van der Waals surface area contributed by atoms with Crippen LogP contribution in [0.25, 0.3) is 0 Å². The van der Waals surface area contributed by atoms with Gasteiger partial charge in [-0.2, -0.15) is 0 Å². The summed E-state index contributed by atoms with van der Waals surface area (Å²) in [5.41, 5.74) is 0.437. The standard InChI is InChI=1S/C16H22N2O5/c1-21-12-8-11(9-13(10-12)22-2)15(19)17-5-6-18-16(20)14-4-3-7-23-14/h8-10,14H,3-7H2,1-2H3,(H,17,19)(H,18,20). The number of rotatable bonds is 7. The Morgan fingerprint density at radius 1 is 1.13 bits per heavy atom. The van der Waals surface area contributed by atoms with Crippen LogP contribution in [0.2, 0.25) is 0 Å². The number of carbonyl (C=O) groups is 2. The van der Waals surface area contributed by atoms with E-state index < -0.39 is 0 Å². The van der Waals surface area contributed by atoms with Crippen LogP contribution in [0, 0.1) is 0 Å². The zero-order chi connectivity index (χ0) is 16.7. The van der Waals surface area contributed by atoms with Gasteiger partial charge in [0.25, 0.3) is 5.91 Å². The van der Waals surface area contributed by atoms with E-state index in [1.54, 1.807) is 18.2 Å². The summed E-state index contributed by atoms with van der Waals surface area (Å²) in [5.74, 6) is 0.704. The van der Waals surface area contributed by atoms with Crippen LogP contribution in [0.3, 0.4) is 0 Å². The van der Waals surface area contributed by atoms with E-state index in [-0.39, 0.29) is 17.9 Å². The number of nitrogens with one attached hydrogen (secondary N) is 2. The topological polar surface area (TPSA) is 85.9 Å². The molecule has 23 heavy (non-hydrogen) atoms. The van der Waals surface area contributed by atoms with Gasteiger partial charge in [-0.05, 0) is 25.0 Å². The lowest BCUT2D eigenvalue weighted by molar-refractivity contribution is -0.129. The Bertz CT molecular complexity index is 533. The van der Waals surface area contributed by atoms with Crippen molar-refractivity contribution in [3.05, 3.63) is 23.8 Å². The second-order valence-electron chi connectivity index (χ2n) is 5.15. The summed E-state index contributed by atoms with van der Waals surface area (Å²) in [7, 11) is 3.05. The van der Waals surface area contributed by atoms with Crippen LogP contribution in [-0.4, -0.2) is 51.8 Å². The van der Waals surface area contributed by atoms with Gasteiger partial charge in [0.15, 0.2) is 0 Å². The number of benzene rings is 1. The molecule has 1 saturated heterocycles. The van der Waals surface area contributed by atoms with E-state index in [1.807, 2.05) is 0 Å². The molecule has 0 aromatic heterocycles. The third kappa shape index (κ3) is 4.85. The van der Waals surface area contributed by atoms with Gasteiger partial charge in [0.05, 0.1) is 14.2 Å². The van der Waals surface area contributed by atoms with Crippen LogP contribution >= 0.6 is 0 Å². The minimum atomic E-state index is -0.353. The van der Waals surface area contributed by atoms with Crippen molar-refractivity contribution in [3.63, 3.8) is 0 Å². The smallest absolute Gasteiger partial charge is 0.251 e. The van der Waals surface area contributed by atoms with Gasteiger partial charge < -0.3 is 24.8 Å². The lowest BCUT2D eigenvalue weighted by Gasteiger charge is -2.11. The minimum absolute atomic E-state index is 0.125. The molecule has 1 aromatic rings.